The quantitative estimate of drug-likeness (QED) is 0.0204. The van der Waals surface area contributed by atoms with Gasteiger partial charge >= 0.3 is 0 Å². The highest BCUT2D eigenvalue weighted by atomic mass is 16.7. The molecule has 0 spiro atoms. The standard InChI is InChI=1S/C93H165NO13/c1-3-5-7-9-11-13-15-17-19-21-23-25-27-29-31-33-35-37-38-39-40-41-42-43-44-45-47-49-51-53-55-57-59-61-63-65-67-69-71-73-75-77-85(98)94-81(80-104-92-90(103)88(101)91(84(79-96)106-92)107-93-89(102)87(100)86(99)83(78-95)105-93)82(97)76-74-72-70-68-66-64-62-60-58-56-54-52-50-48-46-36-34-32-30-28-26-24-22-20-18-16-14-12-10-8-6-4-2/h5,7,11,13,17,19,23,25,29,31,35,37,58,60,66,68,74,76,81-84,86-93,95-97,99-103H,3-4,6,8-10,12,14-16,18,20-22,24,26-28,30,32-34,36,38-57,59,61-65,67,69-73,75,77-80H2,1-2H3,(H,94,98)/b7-5-,13-11-,19-17-,25-23-,31-29-,37-35-,60-58+,68-66+,76-74+. The number of nitrogens with one attached hydrogen (secondary N) is 1. The highest BCUT2D eigenvalue weighted by Gasteiger charge is 2.51. The lowest BCUT2D eigenvalue weighted by molar-refractivity contribution is -0.359. The Morgan fingerprint density at radius 2 is 0.654 bits per heavy atom. The van der Waals surface area contributed by atoms with Crippen LogP contribution in [0.3, 0.4) is 0 Å². The van der Waals surface area contributed by atoms with Gasteiger partial charge in [0.15, 0.2) is 12.6 Å². The molecule has 2 heterocycles. The Labute approximate surface area is 655 Å². The lowest BCUT2D eigenvalue weighted by atomic mass is 9.97. The largest absolute Gasteiger partial charge is 0.394 e. The van der Waals surface area contributed by atoms with Gasteiger partial charge in [-0.25, -0.2) is 0 Å². The third kappa shape index (κ3) is 57.4. The van der Waals surface area contributed by atoms with E-state index < -0.39 is 86.8 Å². The number of carbonyl (C=O) groups excluding carboxylic acids is 1. The number of amides is 1. The highest BCUT2D eigenvalue weighted by Crippen LogP contribution is 2.30. The Hall–Kier alpha value is -3.35. The van der Waals surface area contributed by atoms with Crippen LogP contribution in [0.4, 0.5) is 0 Å². The Balaban J connectivity index is 1.58. The summed E-state index contributed by atoms with van der Waals surface area (Å²) in [5.74, 6) is -0.249. The van der Waals surface area contributed by atoms with Gasteiger partial charge in [0.2, 0.25) is 5.91 Å². The maximum absolute atomic E-state index is 13.4. The third-order valence-electron chi connectivity index (χ3n) is 21.2. The van der Waals surface area contributed by atoms with Crippen LogP contribution in [0.2, 0.25) is 0 Å². The van der Waals surface area contributed by atoms with E-state index in [2.05, 4.69) is 116 Å². The summed E-state index contributed by atoms with van der Waals surface area (Å²) >= 11 is 0. The van der Waals surface area contributed by atoms with Crippen LogP contribution in [0.1, 0.15) is 380 Å². The van der Waals surface area contributed by atoms with Crippen molar-refractivity contribution in [3.63, 3.8) is 0 Å². The van der Waals surface area contributed by atoms with Crippen molar-refractivity contribution in [2.45, 2.75) is 453 Å². The summed E-state index contributed by atoms with van der Waals surface area (Å²) in [6.07, 6.45) is 93.5. The van der Waals surface area contributed by atoms with Crippen LogP contribution in [0.15, 0.2) is 109 Å². The van der Waals surface area contributed by atoms with E-state index in [0.29, 0.717) is 12.8 Å². The fraction of sp³-hybridized carbons (Fsp3) is 0.796. The molecule has 2 aliphatic heterocycles. The zero-order valence-electron chi connectivity index (χ0n) is 68.4. The van der Waals surface area contributed by atoms with E-state index in [1.807, 2.05) is 6.08 Å². The average molecular weight is 1510 g/mol. The Morgan fingerprint density at radius 3 is 1.03 bits per heavy atom. The summed E-state index contributed by atoms with van der Waals surface area (Å²) in [7, 11) is 0. The van der Waals surface area contributed by atoms with E-state index in [9.17, 15) is 45.6 Å². The molecule has 12 atom stereocenters. The highest BCUT2D eigenvalue weighted by molar-refractivity contribution is 5.76. The molecule has 9 N–H and O–H groups in total. The third-order valence-corrected chi connectivity index (χ3v) is 21.2. The van der Waals surface area contributed by atoms with Crippen molar-refractivity contribution in [3.8, 4) is 0 Å². The van der Waals surface area contributed by atoms with Gasteiger partial charge < -0.3 is 65.1 Å². The zero-order chi connectivity index (χ0) is 77.2. The molecule has 0 saturated carbocycles. The molecule has 620 valence electrons. The number of carbonyl (C=O) groups is 1. The molecular formula is C93H165NO13. The number of aliphatic hydroxyl groups is 8. The van der Waals surface area contributed by atoms with Crippen molar-refractivity contribution in [1.29, 1.82) is 0 Å². The lowest BCUT2D eigenvalue weighted by Gasteiger charge is -2.46. The summed E-state index contributed by atoms with van der Waals surface area (Å²) in [6, 6.07) is -0.944. The molecule has 14 heteroatoms. The number of hydrogen-bond donors (Lipinski definition) is 9. The molecule has 0 aliphatic carbocycles. The number of ether oxygens (including phenoxy) is 4. The minimum Gasteiger partial charge on any atom is -0.394 e. The molecule has 2 saturated heterocycles. The molecule has 0 aromatic heterocycles. The van der Waals surface area contributed by atoms with E-state index in [1.54, 1.807) is 6.08 Å². The molecule has 2 aliphatic rings. The van der Waals surface area contributed by atoms with Gasteiger partial charge in [-0.3, -0.25) is 4.79 Å². The summed E-state index contributed by atoms with van der Waals surface area (Å²) < 4.78 is 22.9. The van der Waals surface area contributed by atoms with Crippen LogP contribution < -0.4 is 5.32 Å². The van der Waals surface area contributed by atoms with Gasteiger partial charge in [-0.2, -0.15) is 0 Å². The normalized spacial score (nSPS) is 21.7. The summed E-state index contributed by atoms with van der Waals surface area (Å²) in [5.41, 5.74) is 0. The monoisotopic (exact) mass is 1500 g/mol. The molecule has 0 radical (unpaired) electrons. The van der Waals surface area contributed by atoms with Crippen LogP contribution in [-0.4, -0.2) is 140 Å². The SMILES string of the molecule is CC/C=C\C/C=C\C/C=C\C/C=C\C/C=C\C/C=C\CCCCCCCCCCCCCCCCCCCCCCCCC(=O)NC(COC1OC(CO)C(OC2OC(CO)C(O)C(O)C2O)C(O)C1O)C(O)/C=C/CC/C=C/CC/C=C/CCCCCCCCCCCCCCCCCCCCCCCC. The van der Waals surface area contributed by atoms with Crippen molar-refractivity contribution in [2.75, 3.05) is 19.8 Å². The van der Waals surface area contributed by atoms with E-state index in [0.717, 1.165) is 83.5 Å². The van der Waals surface area contributed by atoms with Crippen LogP contribution in [0.5, 0.6) is 0 Å². The van der Waals surface area contributed by atoms with Gasteiger partial charge in [0, 0.05) is 6.42 Å². The zero-order valence-corrected chi connectivity index (χ0v) is 68.4. The molecule has 14 nitrogen and oxygen atoms in total. The fourth-order valence-electron chi connectivity index (χ4n) is 14.2. The Bertz CT molecular complexity index is 2220. The second-order valence-corrected chi connectivity index (χ2v) is 31.0. The molecule has 0 aromatic rings. The number of aliphatic hydroxyl groups excluding tert-OH is 8. The van der Waals surface area contributed by atoms with E-state index >= 15 is 0 Å². The number of allylic oxidation sites excluding steroid dienone is 17. The first-order valence-electron chi connectivity index (χ1n) is 44.6. The average Bonchev–Trinajstić information content (AvgIpc) is 0.789. The lowest BCUT2D eigenvalue weighted by Crippen LogP contribution is -2.65. The molecule has 0 aromatic carbocycles. The number of rotatable bonds is 75. The maximum atomic E-state index is 13.4. The fourth-order valence-corrected chi connectivity index (χ4v) is 14.2. The van der Waals surface area contributed by atoms with Gasteiger partial charge in [-0.15, -0.1) is 0 Å². The summed E-state index contributed by atoms with van der Waals surface area (Å²) in [6.45, 7) is 2.71. The minimum atomic E-state index is -1.80. The summed E-state index contributed by atoms with van der Waals surface area (Å²) in [5, 5.41) is 87.8. The Kier molecular flexibility index (Phi) is 70.2. The van der Waals surface area contributed by atoms with Crippen LogP contribution >= 0.6 is 0 Å². The van der Waals surface area contributed by atoms with Gasteiger partial charge in [-0.1, -0.05) is 386 Å². The number of unbranched alkanes of at least 4 members (excludes halogenated alkanes) is 46. The van der Waals surface area contributed by atoms with E-state index in [4.69, 9.17) is 18.9 Å². The van der Waals surface area contributed by atoms with Crippen LogP contribution in [0, 0.1) is 0 Å². The van der Waals surface area contributed by atoms with Crippen molar-refractivity contribution in [3.05, 3.63) is 109 Å². The maximum Gasteiger partial charge on any atom is 0.220 e. The second kappa shape index (κ2) is 75.3. The first kappa shape index (κ1) is 99.7. The van der Waals surface area contributed by atoms with Crippen LogP contribution in [0.25, 0.3) is 0 Å². The van der Waals surface area contributed by atoms with Crippen molar-refractivity contribution >= 4 is 5.91 Å². The molecular weight excluding hydrogens is 1340 g/mol. The van der Waals surface area contributed by atoms with Gasteiger partial charge in [0.25, 0.3) is 0 Å². The molecule has 107 heavy (non-hydrogen) atoms. The van der Waals surface area contributed by atoms with Crippen LogP contribution in [-0.2, 0) is 23.7 Å². The predicted octanol–water partition coefficient (Wildman–Crippen LogP) is 21.8. The molecule has 12 unspecified atom stereocenters. The van der Waals surface area contributed by atoms with Crippen molar-refractivity contribution < 1.29 is 64.6 Å². The molecule has 2 fully saturated rings. The minimum absolute atomic E-state index is 0.249. The van der Waals surface area contributed by atoms with E-state index in [-0.39, 0.29) is 18.9 Å². The summed E-state index contributed by atoms with van der Waals surface area (Å²) in [4.78, 5) is 13.4. The van der Waals surface area contributed by atoms with Gasteiger partial charge in [-0.05, 0) is 96.3 Å². The first-order valence-corrected chi connectivity index (χ1v) is 44.6. The van der Waals surface area contributed by atoms with Gasteiger partial charge in [0.05, 0.1) is 32.0 Å². The number of hydrogen-bond acceptors (Lipinski definition) is 13. The van der Waals surface area contributed by atoms with E-state index in [1.165, 1.54) is 263 Å². The van der Waals surface area contributed by atoms with Crippen molar-refractivity contribution in [2.24, 2.45) is 0 Å². The predicted molar refractivity (Wildman–Crippen MR) is 447 cm³/mol. The Morgan fingerprint density at radius 1 is 0.346 bits per heavy atom. The molecule has 0 bridgehead atoms. The second-order valence-electron chi connectivity index (χ2n) is 31.0. The molecule has 1 amide bonds. The topological polar surface area (TPSA) is 228 Å². The van der Waals surface area contributed by atoms with Gasteiger partial charge in [0.1, 0.15) is 48.8 Å². The molecule has 2 rings (SSSR count). The first-order chi connectivity index (χ1) is 52.6. The smallest absolute Gasteiger partial charge is 0.220 e. The van der Waals surface area contributed by atoms with Crippen molar-refractivity contribution in [1.82, 2.24) is 5.32 Å².